The van der Waals surface area contributed by atoms with E-state index in [0.717, 1.165) is 36.2 Å². The molecule has 1 saturated heterocycles. The van der Waals surface area contributed by atoms with Gasteiger partial charge in [-0.2, -0.15) is 0 Å². The lowest BCUT2D eigenvalue weighted by atomic mass is 9.99. The number of hydrogen-bond acceptors (Lipinski definition) is 5. The van der Waals surface area contributed by atoms with Crippen LogP contribution in [0.4, 0.5) is 5.82 Å². The molecule has 0 amide bonds. The van der Waals surface area contributed by atoms with Crippen LogP contribution in [0.5, 0.6) is 0 Å². The van der Waals surface area contributed by atoms with Gasteiger partial charge in [0.2, 0.25) is 0 Å². The highest BCUT2D eigenvalue weighted by atomic mass is 32.2. The van der Waals surface area contributed by atoms with Crippen molar-refractivity contribution in [2.45, 2.75) is 17.2 Å². The largest absolute Gasteiger partial charge is 0.355 e. The zero-order valence-electron chi connectivity index (χ0n) is 14.0. The summed E-state index contributed by atoms with van der Waals surface area (Å²) in [6.45, 7) is 1.77. The maximum Gasteiger partial charge on any atom is 0.175 e. The summed E-state index contributed by atoms with van der Waals surface area (Å²) in [5.41, 5.74) is 2.10. The van der Waals surface area contributed by atoms with Crippen LogP contribution in [0.1, 0.15) is 17.9 Å². The van der Waals surface area contributed by atoms with E-state index in [0.29, 0.717) is 10.8 Å². The number of benzene rings is 2. The third-order valence-electron chi connectivity index (χ3n) is 4.77. The summed E-state index contributed by atoms with van der Waals surface area (Å²) < 4.78 is 23.8. The molecule has 1 fully saturated rings. The molecule has 0 radical (unpaired) electrons. The number of aromatic nitrogens is 2. The first-order valence-corrected chi connectivity index (χ1v) is 10.2. The van der Waals surface area contributed by atoms with Gasteiger partial charge in [0.05, 0.1) is 10.4 Å². The van der Waals surface area contributed by atoms with Gasteiger partial charge in [0, 0.05) is 30.6 Å². The van der Waals surface area contributed by atoms with Gasteiger partial charge in [0.15, 0.2) is 9.84 Å². The van der Waals surface area contributed by atoms with Gasteiger partial charge < -0.3 is 4.90 Å². The zero-order chi connectivity index (χ0) is 17.4. The average Bonchev–Trinajstić information content (AvgIpc) is 3.10. The quantitative estimate of drug-likeness (QED) is 0.724. The fourth-order valence-electron chi connectivity index (χ4n) is 3.45. The molecular weight excluding hydrogens is 334 g/mol. The number of nitrogens with zero attached hydrogens (tertiary/aromatic N) is 3. The summed E-state index contributed by atoms with van der Waals surface area (Å²) in [7, 11) is -3.26. The van der Waals surface area contributed by atoms with E-state index in [2.05, 4.69) is 39.1 Å². The molecule has 1 aliphatic heterocycles. The first kappa shape index (κ1) is 16.0. The van der Waals surface area contributed by atoms with Crippen LogP contribution < -0.4 is 4.90 Å². The summed E-state index contributed by atoms with van der Waals surface area (Å²) in [6.07, 6.45) is 3.83. The van der Waals surface area contributed by atoms with Crippen molar-refractivity contribution in [3.63, 3.8) is 0 Å². The van der Waals surface area contributed by atoms with Crippen molar-refractivity contribution in [3.05, 3.63) is 60.4 Å². The molecule has 0 bridgehead atoms. The topological polar surface area (TPSA) is 63.2 Å². The predicted molar refractivity (Wildman–Crippen MR) is 98.7 cm³/mol. The van der Waals surface area contributed by atoms with Crippen LogP contribution in [0.25, 0.3) is 10.9 Å². The molecule has 0 N–H and O–H groups in total. The Kier molecular flexibility index (Phi) is 3.92. The van der Waals surface area contributed by atoms with Gasteiger partial charge in [-0.05, 0) is 30.2 Å². The SMILES string of the molecule is CS(=O)(=O)c1ccc2ncnc(N3CCC(c4ccccc4)C3)c2c1. The Labute approximate surface area is 147 Å². The Balaban J connectivity index is 1.72. The van der Waals surface area contributed by atoms with Crippen LogP contribution in [-0.4, -0.2) is 37.7 Å². The zero-order valence-corrected chi connectivity index (χ0v) is 14.8. The summed E-state index contributed by atoms with van der Waals surface area (Å²) in [5, 5.41) is 0.791. The normalized spacial score (nSPS) is 18.0. The molecule has 1 unspecified atom stereocenters. The Bertz CT molecular complexity index is 1020. The van der Waals surface area contributed by atoms with E-state index >= 15 is 0 Å². The molecule has 2 aromatic carbocycles. The van der Waals surface area contributed by atoms with E-state index in [1.54, 1.807) is 24.5 Å². The Morgan fingerprint density at radius 1 is 1.08 bits per heavy atom. The third kappa shape index (κ3) is 3.09. The van der Waals surface area contributed by atoms with E-state index in [4.69, 9.17) is 0 Å². The first-order valence-electron chi connectivity index (χ1n) is 8.27. The molecule has 5 nitrogen and oxygen atoms in total. The Morgan fingerprint density at radius 3 is 2.64 bits per heavy atom. The van der Waals surface area contributed by atoms with E-state index in [1.807, 2.05) is 6.07 Å². The number of anilines is 1. The Morgan fingerprint density at radius 2 is 1.88 bits per heavy atom. The van der Waals surface area contributed by atoms with Crippen LogP contribution in [0.2, 0.25) is 0 Å². The molecule has 2 heterocycles. The third-order valence-corrected chi connectivity index (χ3v) is 5.88. The number of hydrogen-bond donors (Lipinski definition) is 0. The summed E-state index contributed by atoms with van der Waals surface area (Å²) in [4.78, 5) is 11.3. The van der Waals surface area contributed by atoms with Crippen molar-refractivity contribution in [2.24, 2.45) is 0 Å². The van der Waals surface area contributed by atoms with Crippen LogP contribution in [0, 0.1) is 0 Å². The maximum atomic E-state index is 11.9. The summed E-state index contributed by atoms with van der Waals surface area (Å²) in [5.74, 6) is 1.28. The van der Waals surface area contributed by atoms with Gasteiger partial charge in [-0.3, -0.25) is 0 Å². The average molecular weight is 353 g/mol. The van der Waals surface area contributed by atoms with Gasteiger partial charge in [-0.1, -0.05) is 30.3 Å². The molecule has 4 rings (SSSR count). The van der Waals surface area contributed by atoms with Crippen molar-refractivity contribution in [1.29, 1.82) is 0 Å². The van der Waals surface area contributed by atoms with Gasteiger partial charge >= 0.3 is 0 Å². The summed E-state index contributed by atoms with van der Waals surface area (Å²) >= 11 is 0. The highest BCUT2D eigenvalue weighted by Gasteiger charge is 2.26. The lowest BCUT2D eigenvalue weighted by molar-refractivity contribution is 0.602. The fraction of sp³-hybridized carbons (Fsp3) is 0.263. The van der Waals surface area contributed by atoms with Crippen LogP contribution in [0.15, 0.2) is 59.8 Å². The van der Waals surface area contributed by atoms with E-state index in [1.165, 1.54) is 11.8 Å². The molecule has 1 aliphatic rings. The lowest BCUT2D eigenvalue weighted by Crippen LogP contribution is -2.21. The maximum absolute atomic E-state index is 11.9. The first-order chi connectivity index (χ1) is 12.0. The molecule has 128 valence electrons. The summed E-state index contributed by atoms with van der Waals surface area (Å²) in [6, 6.07) is 15.5. The lowest BCUT2D eigenvalue weighted by Gasteiger charge is -2.19. The van der Waals surface area contributed by atoms with Crippen LogP contribution >= 0.6 is 0 Å². The standard InChI is InChI=1S/C19H19N3O2S/c1-25(23,24)16-7-8-18-17(11-16)19(21-13-20-18)22-10-9-15(12-22)14-5-3-2-4-6-14/h2-8,11,13,15H,9-10,12H2,1H3. The fourth-order valence-corrected chi connectivity index (χ4v) is 4.10. The number of sulfone groups is 1. The van der Waals surface area contributed by atoms with Crippen molar-refractivity contribution in [1.82, 2.24) is 9.97 Å². The van der Waals surface area contributed by atoms with E-state index in [9.17, 15) is 8.42 Å². The molecule has 0 spiro atoms. The molecule has 25 heavy (non-hydrogen) atoms. The molecule has 1 aromatic heterocycles. The van der Waals surface area contributed by atoms with Crippen molar-refractivity contribution < 1.29 is 8.42 Å². The highest BCUT2D eigenvalue weighted by Crippen LogP contribution is 2.33. The second-order valence-corrected chi connectivity index (χ2v) is 8.51. The number of fused-ring (bicyclic) bond motifs is 1. The van der Waals surface area contributed by atoms with Crippen molar-refractivity contribution >= 4 is 26.6 Å². The second-order valence-electron chi connectivity index (χ2n) is 6.49. The molecule has 0 saturated carbocycles. The van der Waals surface area contributed by atoms with E-state index in [-0.39, 0.29) is 0 Å². The minimum atomic E-state index is -3.26. The molecular formula is C19H19N3O2S. The van der Waals surface area contributed by atoms with Crippen molar-refractivity contribution in [3.8, 4) is 0 Å². The van der Waals surface area contributed by atoms with Gasteiger partial charge in [0.25, 0.3) is 0 Å². The van der Waals surface area contributed by atoms with Crippen LogP contribution in [0.3, 0.4) is 0 Å². The van der Waals surface area contributed by atoms with Gasteiger partial charge in [0.1, 0.15) is 12.1 Å². The second kappa shape index (κ2) is 6.11. The van der Waals surface area contributed by atoms with E-state index < -0.39 is 9.84 Å². The Hall–Kier alpha value is -2.47. The molecule has 3 aromatic rings. The predicted octanol–water partition coefficient (Wildman–Crippen LogP) is 3.03. The van der Waals surface area contributed by atoms with Gasteiger partial charge in [-0.15, -0.1) is 0 Å². The monoisotopic (exact) mass is 353 g/mol. The smallest absolute Gasteiger partial charge is 0.175 e. The molecule has 1 atom stereocenters. The van der Waals surface area contributed by atoms with Gasteiger partial charge in [-0.25, -0.2) is 18.4 Å². The van der Waals surface area contributed by atoms with Crippen LogP contribution in [-0.2, 0) is 9.84 Å². The minimum absolute atomic E-state index is 0.301. The minimum Gasteiger partial charge on any atom is -0.355 e. The van der Waals surface area contributed by atoms with Crippen molar-refractivity contribution in [2.75, 3.05) is 24.2 Å². The molecule has 6 heteroatoms. The number of rotatable bonds is 3. The highest BCUT2D eigenvalue weighted by molar-refractivity contribution is 7.90. The molecule has 0 aliphatic carbocycles.